The summed E-state index contributed by atoms with van der Waals surface area (Å²) in [7, 11) is 0. The Bertz CT molecular complexity index is 500. The standard InChI is InChI=1S/C12H13N/c1-9(13)11-8-4-6-10-5-2-3-7-12(10)11/h2-9H,13H2,1H3/i1D3. The molecular formula is C12H13N. The summed E-state index contributed by atoms with van der Waals surface area (Å²) in [6.07, 6.45) is 0. The Kier molecular flexibility index (Phi) is 1.33. The van der Waals surface area contributed by atoms with E-state index in [0.29, 0.717) is 5.56 Å². The molecule has 13 heavy (non-hydrogen) atoms. The van der Waals surface area contributed by atoms with Gasteiger partial charge in [-0.15, -0.1) is 0 Å². The van der Waals surface area contributed by atoms with Crippen molar-refractivity contribution in [1.82, 2.24) is 0 Å². The normalized spacial score (nSPS) is 17.5. The largest absolute Gasteiger partial charge is 0.324 e. The minimum absolute atomic E-state index is 0.679. The lowest BCUT2D eigenvalue weighted by Crippen LogP contribution is -2.05. The molecule has 0 aliphatic carbocycles. The second-order valence-corrected chi connectivity index (χ2v) is 3.05. The Morgan fingerprint density at radius 1 is 1.15 bits per heavy atom. The van der Waals surface area contributed by atoms with E-state index in [9.17, 15) is 0 Å². The zero-order chi connectivity index (χ0) is 11.8. The van der Waals surface area contributed by atoms with Crippen molar-refractivity contribution in [2.45, 2.75) is 12.9 Å². The monoisotopic (exact) mass is 174 g/mol. The summed E-state index contributed by atoms with van der Waals surface area (Å²) in [5.74, 6) is 0. The molecule has 0 saturated heterocycles. The van der Waals surface area contributed by atoms with E-state index in [2.05, 4.69) is 0 Å². The third kappa shape index (κ3) is 1.43. The molecule has 1 atom stereocenters. The lowest BCUT2D eigenvalue weighted by molar-refractivity contribution is 0.827. The van der Waals surface area contributed by atoms with Gasteiger partial charge in [-0.25, -0.2) is 0 Å². The van der Waals surface area contributed by atoms with Gasteiger partial charge in [-0.3, -0.25) is 0 Å². The maximum absolute atomic E-state index is 7.36. The van der Waals surface area contributed by atoms with Crippen LogP contribution in [-0.2, 0) is 0 Å². The van der Waals surface area contributed by atoms with Crippen molar-refractivity contribution in [2.75, 3.05) is 0 Å². The zero-order valence-electron chi connectivity index (χ0n) is 10.2. The SMILES string of the molecule is [2H]C([2H])([2H])C(N)c1cccc2ccccc12. The maximum atomic E-state index is 7.36. The number of rotatable bonds is 1. The lowest BCUT2D eigenvalue weighted by atomic mass is 10.0. The first-order valence-corrected chi connectivity index (χ1v) is 4.23. The molecule has 2 aromatic carbocycles. The molecule has 0 amide bonds. The van der Waals surface area contributed by atoms with Crippen LogP contribution in [0.1, 0.15) is 22.6 Å². The molecule has 1 unspecified atom stereocenters. The Labute approximate surface area is 82.4 Å². The van der Waals surface area contributed by atoms with Gasteiger partial charge >= 0.3 is 0 Å². The molecule has 1 nitrogen and oxygen atoms in total. The lowest BCUT2D eigenvalue weighted by Gasteiger charge is -2.09. The fraction of sp³-hybridized carbons (Fsp3) is 0.167. The minimum Gasteiger partial charge on any atom is -0.324 e. The third-order valence-corrected chi connectivity index (χ3v) is 2.16. The Hall–Kier alpha value is -1.34. The first-order chi connectivity index (χ1) is 7.50. The van der Waals surface area contributed by atoms with Crippen LogP contribution < -0.4 is 5.73 Å². The van der Waals surface area contributed by atoms with E-state index < -0.39 is 12.9 Å². The molecule has 66 valence electrons. The molecule has 2 aromatic rings. The molecular weight excluding hydrogens is 158 g/mol. The highest BCUT2D eigenvalue weighted by atomic mass is 14.6. The van der Waals surface area contributed by atoms with E-state index in [4.69, 9.17) is 9.85 Å². The van der Waals surface area contributed by atoms with Crippen LogP contribution in [0.15, 0.2) is 42.5 Å². The number of benzene rings is 2. The smallest absolute Gasteiger partial charge is 0.0272 e. The second kappa shape index (κ2) is 3.19. The van der Waals surface area contributed by atoms with Crippen LogP contribution >= 0.6 is 0 Å². The fourth-order valence-electron chi connectivity index (χ4n) is 1.52. The van der Waals surface area contributed by atoms with Crippen molar-refractivity contribution in [3.05, 3.63) is 48.0 Å². The van der Waals surface area contributed by atoms with Crippen LogP contribution in [0, 0.1) is 0 Å². The van der Waals surface area contributed by atoms with Crippen LogP contribution in [-0.4, -0.2) is 0 Å². The summed E-state index contributed by atoms with van der Waals surface area (Å²) in [5.41, 5.74) is 6.45. The van der Waals surface area contributed by atoms with E-state index in [1.165, 1.54) is 0 Å². The number of fused-ring (bicyclic) bond motifs is 1. The van der Waals surface area contributed by atoms with E-state index >= 15 is 0 Å². The molecule has 0 aliphatic heterocycles. The van der Waals surface area contributed by atoms with Gasteiger partial charge in [0.05, 0.1) is 0 Å². The fourth-order valence-corrected chi connectivity index (χ4v) is 1.52. The molecule has 0 aromatic heterocycles. The van der Waals surface area contributed by atoms with Gasteiger partial charge in [0.15, 0.2) is 0 Å². The molecule has 2 rings (SSSR count). The maximum Gasteiger partial charge on any atom is 0.0272 e. The molecule has 0 bridgehead atoms. The first kappa shape index (κ1) is 5.40. The second-order valence-electron chi connectivity index (χ2n) is 3.05. The summed E-state index contributed by atoms with van der Waals surface area (Å²) in [6.45, 7) is -2.16. The Balaban J connectivity index is 2.61. The van der Waals surface area contributed by atoms with Crippen molar-refractivity contribution in [3.63, 3.8) is 0 Å². The first-order valence-electron chi connectivity index (χ1n) is 5.73. The summed E-state index contributed by atoms with van der Waals surface area (Å²) < 4.78 is 22.1. The summed E-state index contributed by atoms with van der Waals surface area (Å²) in [4.78, 5) is 0. The van der Waals surface area contributed by atoms with Gasteiger partial charge in [0.25, 0.3) is 0 Å². The van der Waals surface area contributed by atoms with Gasteiger partial charge in [-0.2, -0.15) is 0 Å². The van der Waals surface area contributed by atoms with E-state index in [1.54, 1.807) is 6.07 Å². The number of hydrogen-bond donors (Lipinski definition) is 1. The third-order valence-electron chi connectivity index (χ3n) is 2.16. The average Bonchev–Trinajstić information content (AvgIpc) is 2.26. The van der Waals surface area contributed by atoms with Crippen LogP contribution in [0.3, 0.4) is 0 Å². The van der Waals surface area contributed by atoms with Gasteiger partial charge in [0, 0.05) is 10.2 Å². The quantitative estimate of drug-likeness (QED) is 0.706. The van der Waals surface area contributed by atoms with Crippen molar-refractivity contribution in [3.8, 4) is 0 Å². The van der Waals surface area contributed by atoms with Gasteiger partial charge in [-0.1, -0.05) is 42.5 Å². The van der Waals surface area contributed by atoms with Crippen molar-refractivity contribution in [1.29, 1.82) is 0 Å². The molecule has 0 fully saturated rings. The molecule has 0 radical (unpaired) electrons. The van der Waals surface area contributed by atoms with E-state index in [1.807, 2.05) is 36.4 Å². The van der Waals surface area contributed by atoms with Gasteiger partial charge in [0.2, 0.25) is 0 Å². The predicted molar refractivity (Wildman–Crippen MR) is 56.6 cm³/mol. The molecule has 0 aliphatic rings. The Morgan fingerprint density at radius 2 is 1.92 bits per heavy atom. The molecule has 2 N–H and O–H groups in total. The predicted octanol–water partition coefficient (Wildman–Crippen LogP) is 2.86. The summed E-state index contributed by atoms with van der Waals surface area (Å²) in [5, 5.41) is 1.92. The highest BCUT2D eigenvalue weighted by Crippen LogP contribution is 2.22. The summed E-state index contributed by atoms with van der Waals surface area (Å²) in [6, 6.07) is 12.3. The molecule has 0 heterocycles. The van der Waals surface area contributed by atoms with Crippen molar-refractivity contribution < 1.29 is 4.11 Å². The highest BCUT2D eigenvalue weighted by Gasteiger charge is 2.02. The van der Waals surface area contributed by atoms with Crippen LogP contribution in [0.2, 0.25) is 0 Å². The number of hydrogen-bond acceptors (Lipinski definition) is 1. The number of nitrogens with two attached hydrogens (primary N) is 1. The topological polar surface area (TPSA) is 26.0 Å². The molecule has 1 heteroatoms. The van der Waals surface area contributed by atoms with Gasteiger partial charge < -0.3 is 5.73 Å². The van der Waals surface area contributed by atoms with E-state index in [0.717, 1.165) is 10.8 Å². The average molecular weight is 174 g/mol. The zero-order valence-corrected chi connectivity index (χ0v) is 7.20. The van der Waals surface area contributed by atoms with Crippen molar-refractivity contribution >= 4 is 10.8 Å². The van der Waals surface area contributed by atoms with Gasteiger partial charge in [0.1, 0.15) is 0 Å². The van der Waals surface area contributed by atoms with E-state index in [-0.39, 0.29) is 0 Å². The van der Waals surface area contributed by atoms with Crippen molar-refractivity contribution in [2.24, 2.45) is 5.73 Å². The van der Waals surface area contributed by atoms with Crippen LogP contribution in [0.5, 0.6) is 0 Å². The van der Waals surface area contributed by atoms with Gasteiger partial charge in [-0.05, 0) is 23.2 Å². The molecule has 0 saturated carbocycles. The Morgan fingerprint density at radius 3 is 2.77 bits per heavy atom. The molecule has 0 spiro atoms. The summed E-state index contributed by atoms with van der Waals surface area (Å²) >= 11 is 0. The highest BCUT2D eigenvalue weighted by molar-refractivity contribution is 5.85. The minimum atomic E-state index is -2.16. The van der Waals surface area contributed by atoms with Crippen LogP contribution in [0.4, 0.5) is 0 Å². The van der Waals surface area contributed by atoms with Crippen LogP contribution in [0.25, 0.3) is 10.8 Å².